The molecule has 0 radical (unpaired) electrons. The fourth-order valence-electron chi connectivity index (χ4n) is 2.47. The molecule has 18 heavy (non-hydrogen) atoms. The van der Waals surface area contributed by atoms with Crippen LogP contribution in [0.2, 0.25) is 0 Å². The van der Waals surface area contributed by atoms with Crippen molar-refractivity contribution < 1.29 is 9.90 Å². The van der Waals surface area contributed by atoms with Crippen LogP contribution in [0.15, 0.2) is 6.07 Å². The van der Waals surface area contributed by atoms with E-state index < -0.39 is 0 Å². The average molecular weight is 249 g/mol. The van der Waals surface area contributed by atoms with E-state index in [1.165, 1.54) is 0 Å². The summed E-state index contributed by atoms with van der Waals surface area (Å²) >= 11 is 0. The molecule has 1 aromatic rings. The molecule has 0 bridgehead atoms. The second-order valence-electron chi connectivity index (χ2n) is 4.94. The van der Waals surface area contributed by atoms with Crippen LogP contribution in [0.4, 0.5) is 0 Å². The van der Waals surface area contributed by atoms with Gasteiger partial charge in [-0.15, -0.1) is 0 Å². The summed E-state index contributed by atoms with van der Waals surface area (Å²) in [7, 11) is 0. The minimum atomic E-state index is -0.115. The Morgan fingerprint density at radius 3 is 2.94 bits per heavy atom. The molecule has 1 saturated carbocycles. The van der Waals surface area contributed by atoms with Gasteiger partial charge in [0.2, 0.25) is 0 Å². The van der Waals surface area contributed by atoms with E-state index in [9.17, 15) is 9.90 Å². The topological polar surface area (TPSA) is 75.1 Å². The van der Waals surface area contributed by atoms with Gasteiger partial charge in [-0.3, -0.25) is 4.79 Å². The molecule has 1 aliphatic rings. The van der Waals surface area contributed by atoms with Gasteiger partial charge < -0.3 is 10.4 Å². The van der Waals surface area contributed by atoms with E-state index in [2.05, 4.69) is 15.5 Å². The molecule has 1 aromatic heterocycles. The van der Waals surface area contributed by atoms with Gasteiger partial charge in [0.25, 0.3) is 5.91 Å². The average Bonchev–Trinajstić information content (AvgIpc) is 2.79. The van der Waals surface area contributed by atoms with Crippen LogP contribution in [-0.2, 0) is 0 Å². The lowest BCUT2D eigenvalue weighted by molar-refractivity contribution is 0.0914. The third-order valence-electron chi connectivity index (χ3n) is 3.56. The molecule has 1 amide bonds. The molecule has 2 N–H and O–H groups in total. The summed E-state index contributed by atoms with van der Waals surface area (Å²) in [6.45, 7) is 3.73. The first kappa shape index (κ1) is 13.0. The Morgan fingerprint density at radius 2 is 2.22 bits per heavy atom. The van der Waals surface area contributed by atoms with Crippen LogP contribution in [0.25, 0.3) is 0 Å². The first-order chi connectivity index (χ1) is 8.61. The van der Waals surface area contributed by atoms with Crippen molar-refractivity contribution in [1.82, 2.24) is 15.5 Å². The fraction of sp³-hybridized carbons (Fsp3) is 0.615. The second-order valence-corrected chi connectivity index (χ2v) is 4.94. The number of rotatable bonds is 3. The van der Waals surface area contributed by atoms with E-state index >= 15 is 0 Å². The summed E-state index contributed by atoms with van der Waals surface area (Å²) in [4.78, 5) is 12.2. The zero-order chi connectivity index (χ0) is 13.1. The Balaban J connectivity index is 2.09. The zero-order valence-corrected chi connectivity index (χ0v) is 10.8. The Bertz CT molecular complexity index is 448. The van der Waals surface area contributed by atoms with Crippen molar-refractivity contribution in [2.24, 2.45) is 5.92 Å². The number of nitrogens with one attached hydrogen (secondary N) is 1. The molecule has 0 spiro atoms. The molecular weight excluding hydrogens is 230 g/mol. The van der Waals surface area contributed by atoms with Crippen LogP contribution in [0, 0.1) is 19.8 Å². The number of amides is 1. The Labute approximate surface area is 107 Å². The van der Waals surface area contributed by atoms with Crippen molar-refractivity contribution >= 4 is 5.91 Å². The number of nitrogens with zero attached hydrogens (tertiary/aromatic N) is 2. The van der Waals surface area contributed by atoms with Gasteiger partial charge in [0.05, 0.1) is 17.0 Å². The minimum Gasteiger partial charge on any atom is -0.396 e. The lowest BCUT2D eigenvalue weighted by atomic mass is 10.0. The number of carbonyl (C=O) groups excluding carboxylic acids is 1. The quantitative estimate of drug-likeness (QED) is 0.837. The highest BCUT2D eigenvalue weighted by molar-refractivity contribution is 5.95. The highest BCUT2D eigenvalue weighted by Crippen LogP contribution is 2.25. The van der Waals surface area contributed by atoms with Crippen molar-refractivity contribution in [3.63, 3.8) is 0 Å². The van der Waals surface area contributed by atoms with Gasteiger partial charge in [0.1, 0.15) is 0 Å². The van der Waals surface area contributed by atoms with Crippen LogP contribution < -0.4 is 5.32 Å². The molecule has 0 aliphatic heterocycles. The first-order valence-electron chi connectivity index (χ1n) is 6.34. The Morgan fingerprint density at radius 1 is 1.44 bits per heavy atom. The molecule has 1 aliphatic carbocycles. The number of aliphatic hydroxyl groups is 1. The predicted octanol–water partition coefficient (Wildman–Crippen LogP) is 0.984. The van der Waals surface area contributed by atoms with Crippen LogP contribution in [-0.4, -0.2) is 33.9 Å². The third-order valence-corrected chi connectivity index (χ3v) is 3.56. The van der Waals surface area contributed by atoms with Gasteiger partial charge in [-0.05, 0) is 32.8 Å². The molecule has 1 fully saturated rings. The first-order valence-corrected chi connectivity index (χ1v) is 6.34. The number of hydrogen-bond acceptors (Lipinski definition) is 4. The molecule has 2 atom stereocenters. The Hall–Kier alpha value is -1.49. The van der Waals surface area contributed by atoms with E-state index in [1.807, 2.05) is 6.92 Å². The summed E-state index contributed by atoms with van der Waals surface area (Å²) < 4.78 is 0. The zero-order valence-electron chi connectivity index (χ0n) is 10.8. The van der Waals surface area contributed by atoms with Gasteiger partial charge in [0.15, 0.2) is 0 Å². The summed E-state index contributed by atoms with van der Waals surface area (Å²) in [5.74, 6) is 0.0704. The van der Waals surface area contributed by atoms with E-state index in [0.717, 1.165) is 25.0 Å². The van der Waals surface area contributed by atoms with Crippen molar-refractivity contribution in [2.45, 2.75) is 39.2 Å². The largest absolute Gasteiger partial charge is 0.396 e. The fourth-order valence-corrected chi connectivity index (χ4v) is 2.47. The second kappa shape index (κ2) is 5.44. The smallest absolute Gasteiger partial charge is 0.253 e. The third kappa shape index (κ3) is 2.67. The molecule has 98 valence electrons. The van der Waals surface area contributed by atoms with E-state index in [1.54, 1.807) is 13.0 Å². The lowest BCUT2D eigenvalue weighted by Gasteiger charge is -2.19. The molecule has 2 unspecified atom stereocenters. The molecule has 0 aromatic carbocycles. The van der Waals surface area contributed by atoms with Crippen LogP contribution in [0.3, 0.4) is 0 Å². The molecular formula is C13H19N3O2. The van der Waals surface area contributed by atoms with Crippen molar-refractivity contribution in [3.05, 3.63) is 23.0 Å². The molecule has 1 heterocycles. The molecule has 2 rings (SSSR count). The standard InChI is InChI=1S/C13H19N3O2/c1-8-6-11(9(2)16-15-8)13(18)14-12-5-3-4-10(12)7-17/h6,10,12,17H,3-5,7H2,1-2H3,(H,14,18). The SMILES string of the molecule is Cc1cc(C(=O)NC2CCCC2CO)c(C)nn1. The van der Waals surface area contributed by atoms with Crippen molar-refractivity contribution in [1.29, 1.82) is 0 Å². The maximum Gasteiger partial charge on any atom is 0.253 e. The molecule has 5 nitrogen and oxygen atoms in total. The predicted molar refractivity (Wildman–Crippen MR) is 67.2 cm³/mol. The minimum absolute atomic E-state index is 0.0790. The summed E-state index contributed by atoms with van der Waals surface area (Å²) in [6.07, 6.45) is 2.98. The Kier molecular flexibility index (Phi) is 3.91. The lowest BCUT2D eigenvalue weighted by Crippen LogP contribution is -2.39. The number of aryl methyl sites for hydroxylation is 2. The van der Waals surface area contributed by atoms with E-state index in [4.69, 9.17) is 0 Å². The van der Waals surface area contributed by atoms with Gasteiger partial charge in [-0.2, -0.15) is 10.2 Å². The normalized spacial score (nSPS) is 23.1. The molecule has 0 saturated heterocycles. The van der Waals surface area contributed by atoms with Crippen molar-refractivity contribution in [2.75, 3.05) is 6.61 Å². The number of aromatic nitrogens is 2. The van der Waals surface area contributed by atoms with E-state index in [-0.39, 0.29) is 24.5 Å². The van der Waals surface area contributed by atoms with Crippen LogP contribution in [0.5, 0.6) is 0 Å². The van der Waals surface area contributed by atoms with E-state index in [0.29, 0.717) is 11.3 Å². The summed E-state index contributed by atoms with van der Waals surface area (Å²) in [6, 6.07) is 1.83. The van der Waals surface area contributed by atoms with Crippen LogP contribution >= 0.6 is 0 Å². The highest BCUT2D eigenvalue weighted by Gasteiger charge is 2.28. The summed E-state index contributed by atoms with van der Waals surface area (Å²) in [5.41, 5.74) is 1.94. The van der Waals surface area contributed by atoms with Gasteiger partial charge in [0, 0.05) is 18.6 Å². The van der Waals surface area contributed by atoms with Gasteiger partial charge in [-0.25, -0.2) is 0 Å². The van der Waals surface area contributed by atoms with Gasteiger partial charge >= 0.3 is 0 Å². The molecule has 5 heteroatoms. The number of aliphatic hydroxyl groups excluding tert-OH is 1. The number of carbonyl (C=O) groups is 1. The van der Waals surface area contributed by atoms with Gasteiger partial charge in [-0.1, -0.05) is 6.42 Å². The highest BCUT2D eigenvalue weighted by atomic mass is 16.3. The van der Waals surface area contributed by atoms with Crippen LogP contribution in [0.1, 0.15) is 41.0 Å². The maximum absolute atomic E-state index is 12.2. The summed E-state index contributed by atoms with van der Waals surface area (Å²) in [5, 5.41) is 20.1. The van der Waals surface area contributed by atoms with Crippen molar-refractivity contribution in [3.8, 4) is 0 Å². The number of hydrogen-bond donors (Lipinski definition) is 2. The monoisotopic (exact) mass is 249 g/mol. The maximum atomic E-state index is 12.2.